The largest absolute Gasteiger partial charge is 0.508 e. The van der Waals surface area contributed by atoms with Crippen LogP contribution in [0.5, 0.6) is 5.75 Å². The van der Waals surface area contributed by atoms with Gasteiger partial charge in [0, 0.05) is 12.6 Å². The Morgan fingerprint density at radius 2 is 1.64 bits per heavy atom. The van der Waals surface area contributed by atoms with Crippen LogP contribution in [-0.4, -0.2) is 45.6 Å². The molecule has 0 aromatic heterocycles. The van der Waals surface area contributed by atoms with E-state index in [-0.39, 0.29) is 29.5 Å². The van der Waals surface area contributed by atoms with E-state index in [1.165, 1.54) is 6.07 Å². The lowest BCUT2D eigenvalue weighted by molar-refractivity contribution is -0.146. The summed E-state index contributed by atoms with van der Waals surface area (Å²) < 4.78 is 5.46. The Bertz CT molecular complexity index is 1110. The summed E-state index contributed by atoms with van der Waals surface area (Å²) in [5, 5.41) is 15.9. The van der Waals surface area contributed by atoms with Crippen LogP contribution in [0.15, 0.2) is 48.5 Å². The number of hydrogen-bond acceptors (Lipinski definition) is 5. The van der Waals surface area contributed by atoms with Crippen molar-refractivity contribution < 1.29 is 24.2 Å². The summed E-state index contributed by atoms with van der Waals surface area (Å²) in [7, 11) is 0. The third kappa shape index (κ3) is 9.01. The maximum atomic E-state index is 14.3. The Balaban J connectivity index is 2.55. The highest BCUT2D eigenvalue weighted by Gasteiger charge is 2.40. The van der Waals surface area contributed by atoms with Gasteiger partial charge in [-0.1, -0.05) is 63.6 Å². The summed E-state index contributed by atoms with van der Waals surface area (Å²) in [4.78, 5) is 42.5. The number of carbonyl (C=O) groups excluding carboxylic acids is 3. The van der Waals surface area contributed by atoms with E-state index in [0.717, 1.165) is 5.56 Å². The molecule has 0 heterocycles. The van der Waals surface area contributed by atoms with Crippen LogP contribution < -0.4 is 10.6 Å². The number of carbonyl (C=O) groups is 3. The number of rotatable bonds is 11. The molecule has 0 aliphatic rings. The van der Waals surface area contributed by atoms with Gasteiger partial charge >= 0.3 is 6.09 Å². The highest BCUT2D eigenvalue weighted by Crippen LogP contribution is 2.30. The smallest absolute Gasteiger partial charge is 0.408 e. The molecule has 39 heavy (non-hydrogen) atoms. The second-order valence-electron chi connectivity index (χ2n) is 11.2. The maximum absolute atomic E-state index is 14.3. The summed E-state index contributed by atoms with van der Waals surface area (Å²) in [5.74, 6) is -0.827. The average molecular weight is 540 g/mol. The van der Waals surface area contributed by atoms with Gasteiger partial charge in [0.25, 0.3) is 0 Å². The van der Waals surface area contributed by atoms with E-state index in [9.17, 15) is 19.5 Å². The highest BCUT2D eigenvalue weighted by atomic mass is 16.6. The molecule has 214 valence electrons. The molecule has 8 nitrogen and oxygen atoms in total. The number of benzene rings is 2. The van der Waals surface area contributed by atoms with Gasteiger partial charge in [0.2, 0.25) is 11.8 Å². The van der Waals surface area contributed by atoms with E-state index in [1.54, 1.807) is 44.7 Å². The molecule has 3 N–H and O–H groups in total. The molecule has 4 atom stereocenters. The molecule has 0 aliphatic carbocycles. The Labute approximate surface area is 233 Å². The number of alkyl carbamates (subject to hydrolysis) is 1. The first-order chi connectivity index (χ1) is 18.3. The van der Waals surface area contributed by atoms with E-state index >= 15 is 0 Å². The predicted octanol–water partition coefficient (Wildman–Crippen LogP) is 5.62. The minimum Gasteiger partial charge on any atom is -0.508 e. The van der Waals surface area contributed by atoms with Crippen LogP contribution in [0, 0.1) is 12.8 Å². The van der Waals surface area contributed by atoms with Crippen molar-refractivity contribution in [3.63, 3.8) is 0 Å². The molecular weight excluding hydrogens is 494 g/mol. The van der Waals surface area contributed by atoms with Crippen LogP contribution in [0.3, 0.4) is 0 Å². The van der Waals surface area contributed by atoms with Crippen LogP contribution in [0.2, 0.25) is 0 Å². The zero-order valence-corrected chi connectivity index (χ0v) is 24.6. The van der Waals surface area contributed by atoms with Crippen molar-refractivity contribution in [3.05, 3.63) is 65.2 Å². The Hall–Kier alpha value is -3.55. The lowest BCUT2D eigenvalue weighted by Crippen LogP contribution is -2.57. The molecule has 2 rings (SSSR count). The van der Waals surface area contributed by atoms with Crippen molar-refractivity contribution in [1.29, 1.82) is 0 Å². The minimum atomic E-state index is -0.984. The zero-order chi connectivity index (χ0) is 29.3. The molecule has 0 aliphatic heterocycles. The van der Waals surface area contributed by atoms with Crippen LogP contribution >= 0.6 is 0 Å². The van der Waals surface area contributed by atoms with E-state index < -0.39 is 23.8 Å². The van der Waals surface area contributed by atoms with Gasteiger partial charge in [0.1, 0.15) is 23.4 Å². The SMILES string of the molecule is CCC(C)C(NC(=O)OC(C)(C)C)C(=O)N(C(C)CC)C(C(=O)NCc1ccccc1)c1ccc(O)c(C)c1. The standard InChI is InChI=1S/C31H45N3O5/c1-9-20(3)26(33-30(38)39-31(6,7)8)29(37)34(22(5)10-2)27(24-16-17-25(35)21(4)18-24)28(36)32-19-23-14-12-11-13-15-23/h11-18,20,22,26-27,35H,9-10,19H2,1-8H3,(H,32,36)(H,33,38). The summed E-state index contributed by atoms with van der Waals surface area (Å²) in [6, 6.07) is 12.3. The number of nitrogens with one attached hydrogen (secondary N) is 2. The van der Waals surface area contributed by atoms with Gasteiger partial charge in [0.15, 0.2) is 0 Å². The fourth-order valence-corrected chi connectivity index (χ4v) is 4.24. The molecule has 2 aromatic carbocycles. The van der Waals surface area contributed by atoms with Gasteiger partial charge in [0.05, 0.1) is 0 Å². The molecule has 3 amide bonds. The number of hydrogen-bond donors (Lipinski definition) is 3. The minimum absolute atomic E-state index is 0.104. The first kappa shape index (κ1) is 31.7. The van der Waals surface area contributed by atoms with Crippen molar-refractivity contribution in [1.82, 2.24) is 15.5 Å². The van der Waals surface area contributed by atoms with E-state index in [4.69, 9.17) is 4.74 Å². The molecule has 0 fully saturated rings. The first-order valence-electron chi connectivity index (χ1n) is 13.7. The molecule has 0 spiro atoms. The maximum Gasteiger partial charge on any atom is 0.408 e. The van der Waals surface area contributed by atoms with E-state index in [1.807, 2.05) is 58.0 Å². The third-order valence-corrected chi connectivity index (χ3v) is 6.84. The Morgan fingerprint density at radius 3 is 2.18 bits per heavy atom. The lowest BCUT2D eigenvalue weighted by Gasteiger charge is -2.39. The van der Waals surface area contributed by atoms with E-state index in [2.05, 4.69) is 10.6 Å². The van der Waals surface area contributed by atoms with Crippen molar-refractivity contribution >= 4 is 17.9 Å². The van der Waals surface area contributed by atoms with Gasteiger partial charge in [-0.05, 0) is 75.8 Å². The lowest BCUT2D eigenvalue weighted by atomic mass is 9.93. The van der Waals surface area contributed by atoms with Crippen molar-refractivity contribution in [2.24, 2.45) is 5.92 Å². The number of nitrogens with zero attached hydrogens (tertiary/aromatic N) is 1. The summed E-state index contributed by atoms with van der Waals surface area (Å²) in [6.07, 6.45) is 0.533. The quantitative estimate of drug-likeness (QED) is 0.343. The number of phenolic OH excluding ortho intramolecular Hbond substituents is 1. The molecule has 0 radical (unpaired) electrons. The van der Waals surface area contributed by atoms with Crippen LogP contribution in [-0.2, 0) is 20.9 Å². The zero-order valence-electron chi connectivity index (χ0n) is 24.6. The van der Waals surface area contributed by atoms with Gasteiger partial charge in [-0.2, -0.15) is 0 Å². The molecular formula is C31H45N3O5. The summed E-state index contributed by atoms with van der Waals surface area (Å²) >= 11 is 0. The van der Waals surface area contributed by atoms with Crippen LogP contribution in [0.4, 0.5) is 4.79 Å². The van der Waals surface area contributed by atoms with Crippen molar-refractivity contribution in [2.45, 2.75) is 98.5 Å². The number of amides is 3. The van der Waals surface area contributed by atoms with E-state index in [0.29, 0.717) is 30.5 Å². The monoisotopic (exact) mass is 539 g/mol. The van der Waals surface area contributed by atoms with Gasteiger partial charge < -0.3 is 25.4 Å². The Kier molecular flexibility index (Phi) is 11.4. The van der Waals surface area contributed by atoms with Gasteiger partial charge in [-0.3, -0.25) is 9.59 Å². The second-order valence-corrected chi connectivity index (χ2v) is 11.2. The fourth-order valence-electron chi connectivity index (χ4n) is 4.24. The van der Waals surface area contributed by atoms with Crippen molar-refractivity contribution in [3.8, 4) is 5.75 Å². The topological polar surface area (TPSA) is 108 Å². The molecule has 0 saturated carbocycles. The van der Waals surface area contributed by atoms with Gasteiger partial charge in [-0.25, -0.2) is 4.79 Å². The molecule has 2 aromatic rings. The van der Waals surface area contributed by atoms with Crippen LogP contribution in [0.25, 0.3) is 0 Å². The van der Waals surface area contributed by atoms with Crippen molar-refractivity contribution in [2.75, 3.05) is 0 Å². The number of aromatic hydroxyl groups is 1. The Morgan fingerprint density at radius 1 is 1.00 bits per heavy atom. The van der Waals surface area contributed by atoms with Gasteiger partial charge in [-0.15, -0.1) is 0 Å². The van der Waals surface area contributed by atoms with Crippen LogP contribution in [0.1, 0.15) is 84.0 Å². The molecule has 4 unspecified atom stereocenters. The first-order valence-corrected chi connectivity index (χ1v) is 13.7. The molecule has 0 saturated heterocycles. The number of phenols is 1. The predicted molar refractivity (Wildman–Crippen MR) is 153 cm³/mol. The summed E-state index contributed by atoms with van der Waals surface area (Å²) in [6.45, 7) is 15.0. The molecule has 0 bridgehead atoms. The average Bonchev–Trinajstić information content (AvgIpc) is 2.89. The fraction of sp³-hybridized carbons (Fsp3) is 0.516. The molecule has 8 heteroatoms. The number of ether oxygens (including phenoxy) is 1. The highest BCUT2D eigenvalue weighted by molar-refractivity contribution is 5.92. The number of aryl methyl sites for hydroxylation is 1. The third-order valence-electron chi connectivity index (χ3n) is 6.84. The second kappa shape index (κ2) is 14.0. The normalized spacial score (nSPS) is 14.5. The summed E-state index contributed by atoms with van der Waals surface area (Å²) in [5.41, 5.74) is 1.37.